The highest BCUT2D eigenvalue weighted by Gasteiger charge is 2.25. The van der Waals surface area contributed by atoms with Gasteiger partial charge in [-0.1, -0.05) is 19.9 Å². The zero-order chi connectivity index (χ0) is 20.9. The van der Waals surface area contributed by atoms with Crippen molar-refractivity contribution in [1.82, 2.24) is 10.3 Å². The first-order chi connectivity index (χ1) is 13.0. The van der Waals surface area contributed by atoms with E-state index in [9.17, 15) is 22.8 Å². The minimum atomic E-state index is -3.53. The number of halogens is 3. The van der Waals surface area contributed by atoms with Crippen LogP contribution in [0.4, 0.5) is 19.0 Å². The van der Waals surface area contributed by atoms with Crippen LogP contribution < -0.4 is 15.4 Å². The summed E-state index contributed by atoms with van der Waals surface area (Å²) in [7, 11) is 0. The molecule has 6 nitrogen and oxygen atoms in total. The Morgan fingerprint density at radius 1 is 1.21 bits per heavy atom. The van der Waals surface area contributed by atoms with Gasteiger partial charge in [0.2, 0.25) is 5.91 Å². The van der Waals surface area contributed by atoms with Gasteiger partial charge in [0.25, 0.3) is 5.91 Å². The van der Waals surface area contributed by atoms with Crippen LogP contribution in [0.2, 0.25) is 0 Å². The Morgan fingerprint density at radius 2 is 1.93 bits per heavy atom. The Morgan fingerprint density at radius 3 is 2.57 bits per heavy atom. The van der Waals surface area contributed by atoms with E-state index in [1.807, 2.05) is 0 Å². The lowest BCUT2D eigenvalue weighted by Gasteiger charge is -2.14. The molecule has 2 rings (SSSR count). The highest BCUT2D eigenvalue weighted by Crippen LogP contribution is 2.25. The summed E-state index contributed by atoms with van der Waals surface area (Å²) in [6.07, 6.45) is -2.16. The second kappa shape index (κ2) is 8.73. The van der Waals surface area contributed by atoms with E-state index in [0.717, 1.165) is 12.1 Å². The van der Waals surface area contributed by atoms with E-state index in [1.54, 1.807) is 13.8 Å². The summed E-state index contributed by atoms with van der Waals surface area (Å²) in [6.45, 7) is 3.91. The first kappa shape index (κ1) is 21.2. The molecule has 1 aromatic carbocycles. The van der Waals surface area contributed by atoms with Crippen molar-refractivity contribution in [3.63, 3.8) is 0 Å². The second-order valence-corrected chi connectivity index (χ2v) is 6.43. The number of nitrogens with one attached hydrogen (secondary N) is 2. The molecule has 0 aliphatic rings. The van der Waals surface area contributed by atoms with Gasteiger partial charge in [-0.3, -0.25) is 9.59 Å². The fourth-order valence-corrected chi connectivity index (χ4v) is 2.12. The van der Waals surface area contributed by atoms with Crippen LogP contribution in [0.1, 0.15) is 36.7 Å². The standard InChI is InChI=1S/C19H20F3N3O3/c1-11(2)17(26)25-16-9-13(6-7-23-16)18(27)24-10-12-4-5-14(20)15(8-12)28-19(3,21)22/h4-9,11H,10H2,1-3H3,(H,24,27)(H,23,25,26). The topological polar surface area (TPSA) is 80.3 Å². The molecule has 9 heteroatoms. The molecular formula is C19H20F3N3O3. The number of carbonyl (C=O) groups is 2. The highest BCUT2D eigenvalue weighted by atomic mass is 19.3. The maximum absolute atomic E-state index is 13.6. The van der Waals surface area contributed by atoms with E-state index in [-0.39, 0.29) is 29.8 Å². The maximum atomic E-state index is 13.6. The molecule has 0 radical (unpaired) electrons. The zero-order valence-electron chi connectivity index (χ0n) is 15.6. The predicted octanol–water partition coefficient (Wildman–Crippen LogP) is 3.74. The number of carbonyl (C=O) groups excluding carboxylic acids is 2. The van der Waals surface area contributed by atoms with E-state index >= 15 is 0 Å². The minimum Gasteiger partial charge on any atom is -0.430 e. The molecule has 0 aliphatic heterocycles. The average Bonchev–Trinajstić information content (AvgIpc) is 2.61. The fourth-order valence-electron chi connectivity index (χ4n) is 2.12. The molecule has 0 saturated carbocycles. The first-order valence-electron chi connectivity index (χ1n) is 8.45. The maximum Gasteiger partial charge on any atom is 0.395 e. The quantitative estimate of drug-likeness (QED) is 0.749. The molecule has 0 fully saturated rings. The number of anilines is 1. The SMILES string of the molecule is CC(C)C(=O)Nc1cc(C(=O)NCc2ccc(F)c(OC(C)(F)F)c2)ccn1. The number of nitrogens with zero attached hydrogens (tertiary/aromatic N) is 1. The molecule has 2 N–H and O–H groups in total. The van der Waals surface area contributed by atoms with Crippen LogP contribution in [0.5, 0.6) is 5.75 Å². The summed E-state index contributed by atoms with van der Waals surface area (Å²) in [5.41, 5.74) is 0.615. The molecule has 0 spiro atoms. The number of hydrogen-bond acceptors (Lipinski definition) is 4. The molecule has 0 bridgehead atoms. The van der Waals surface area contributed by atoms with Crippen LogP contribution in [0, 0.1) is 11.7 Å². The van der Waals surface area contributed by atoms with Crippen LogP contribution in [0.15, 0.2) is 36.5 Å². The molecule has 150 valence electrons. The number of rotatable bonds is 7. The third-order valence-electron chi connectivity index (χ3n) is 3.54. The Labute approximate surface area is 160 Å². The molecule has 2 aromatic rings. The van der Waals surface area contributed by atoms with Crippen LogP contribution >= 0.6 is 0 Å². The highest BCUT2D eigenvalue weighted by molar-refractivity contribution is 5.96. The minimum absolute atomic E-state index is 0.0409. The van der Waals surface area contributed by atoms with Gasteiger partial charge in [-0.2, -0.15) is 8.78 Å². The van der Waals surface area contributed by atoms with Gasteiger partial charge in [0, 0.05) is 31.1 Å². The summed E-state index contributed by atoms with van der Waals surface area (Å²) in [5.74, 6) is -2.27. The van der Waals surface area contributed by atoms with Crippen molar-refractivity contribution >= 4 is 17.6 Å². The Hall–Kier alpha value is -3.10. The normalized spacial score (nSPS) is 11.2. The van der Waals surface area contributed by atoms with Crippen LogP contribution in [-0.4, -0.2) is 22.9 Å². The van der Waals surface area contributed by atoms with E-state index in [4.69, 9.17) is 0 Å². The van der Waals surface area contributed by atoms with Gasteiger partial charge >= 0.3 is 6.11 Å². The molecule has 0 atom stereocenters. The lowest BCUT2D eigenvalue weighted by Crippen LogP contribution is -2.24. The van der Waals surface area contributed by atoms with E-state index < -0.39 is 23.6 Å². The van der Waals surface area contributed by atoms with E-state index in [2.05, 4.69) is 20.4 Å². The van der Waals surface area contributed by atoms with Crippen molar-refractivity contribution in [1.29, 1.82) is 0 Å². The number of amides is 2. The molecule has 28 heavy (non-hydrogen) atoms. The number of aromatic nitrogens is 1. The summed E-state index contributed by atoms with van der Waals surface area (Å²) in [6, 6.07) is 6.28. The Balaban J connectivity index is 2.04. The number of benzene rings is 1. The monoisotopic (exact) mass is 395 g/mol. The van der Waals surface area contributed by atoms with Crippen LogP contribution in [-0.2, 0) is 11.3 Å². The molecular weight excluding hydrogens is 375 g/mol. The Bertz CT molecular complexity index is 867. The van der Waals surface area contributed by atoms with Gasteiger partial charge in [0.1, 0.15) is 5.82 Å². The lowest BCUT2D eigenvalue weighted by molar-refractivity contribution is -0.160. The van der Waals surface area contributed by atoms with Gasteiger partial charge in [0.05, 0.1) is 0 Å². The average molecular weight is 395 g/mol. The van der Waals surface area contributed by atoms with Crippen LogP contribution in [0.25, 0.3) is 0 Å². The van der Waals surface area contributed by atoms with Crippen molar-refractivity contribution in [3.8, 4) is 5.75 Å². The van der Waals surface area contributed by atoms with Gasteiger partial charge in [-0.05, 0) is 29.8 Å². The molecule has 0 saturated heterocycles. The second-order valence-electron chi connectivity index (χ2n) is 6.43. The first-order valence-corrected chi connectivity index (χ1v) is 8.45. The van der Waals surface area contributed by atoms with Crippen molar-refractivity contribution in [2.75, 3.05) is 5.32 Å². The van der Waals surface area contributed by atoms with Gasteiger partial charge in [-0.25, -0.2) is 9.37 Å². The summed E-state index contributed by atoms with van der Waals surface area (Å²) >= 11 is 0. The molecule has 1 aromatic heterocycles. The number of alkyl halides is 2. The van der Waals surface area contributed by atoms with Crippen molar-refractivity contribution in [3.05, 3.63) is 53.5 Å². The summed E-state index contributed by atoms with van der Waals surface area (Å²) in [4.78, 5) is 28.0. The number of pyridine rings is 1. The molecule has 0 unspecified atom stereocenters. The van der Waals surface area contributed by atoms with Crippen molar-refractivity contribution in [2.24, 2.45) is 5.92 Å². The molecule has 0 aliphatic carbocycles. The van der Waals surface area contributed by atoms with Gasteiger partial charge in [-0.15, -0.1) is 0 Å². The van der Waals surface area contributed by atoms with Crippen molar-refractivity contribution < 1.29 is 27.5 Å². The smallest absolute Gasteiger partial charge is 0.395 e. The number of hydrogen-bond donors (Lipinski definition) is 2. The van der Waals surface area contributed by atoms with E-state index in [1.165, 1.54) is 24.4 Å². The number of ether oxygens (including phenoxy) is 1. The third kappa shape index (κ3) is 6.26. The fraction of sp³-hybridized carbons (Fsp3) is 0.316. The summed E-state index contributed by atoms with van der Waals surface area (Å²) < 4.78 is 43.7. The van der Waals surface area contributed by atoms with Crippen LogP contribution in [0.3, 0.4) is 0 Å². The zero-order valence-corrected chi connectivity index (χ0v) is 15.6. The van der Waals surface area contributed by atoms with E-state index in [0.29, 0.717) is 12.5 Å². The molecule has 1 heterocycles. The summed E-state index contributed by atoms with van der Waals surface area (Å²) in [5, 5.41) is 5.17. The Kier molecular flexibility index (Phi) is 6.61. The molecule has 2 amide bonds. The van der Waals surface area contributed by atoms with Crippen molar-refractivity contribution in [2.45, 2.75) is 33.4 Å². The largest absolute Gasteiger partial charge is 0.430 e. The predicted molar refractivity (Wildman–Crippen MR) is 96.5 cm³/mol. The van der Waals surface area contributed by atoms with Gasteiger partial charge in [0.15, 0.2) is 11.6 Å². The van der Waals surface area contributed by atoms with Gasteiger partial charge < -0.3 is 15.4 Å². The lowest BCUT2D eigenvalue weighted by atomic mass is 10.2. The third-order valence-corrected chi connectivity index (χ3v) is 3.54.